The molecule has 0 spiro atoms. The number of nitrogens with one attached hydrogen (secondary N) is 2. The van der Waals surface area contributed by atoms with Crippen LogP contribution >= 0.6 is 23.8 Å². The lowest BCUT2D eigenvalue weighted by Crippen LogP contribution is -2.19. The average Bonchev–Trinajstić information content (AvgIpc) is 2.47. The van der Waals surface area contributed by atoms with Crippen LogP contribution in [-0.4, -0.2) is 12.2 Å². The third-order valence-electron chi connectivity index (χ3n) is 2.88. The van der Waals surface area contributed by atoms with Gasteiger partial charge in [0, 0.05) is 10.7 Å². The van der Waals surface area contributed by atoms with Crippen molar-refractivity contribution in [1.29, 1.82) is 0 Å². The van der Waals surface area contributed by atoms with E-state index in [2.05, 4.69) is 10.6 Å². The zero-order valence-electron chi connectivity index (χ0n) is 11.9. The number of hydrogen-bond acceptors (Lipinski definition) is 2. The number of rotatable bonds is 3. The number of methoxy groups -OCH3 is 1. The third kappa shape index (κ3) is 4.74. The van der Waals surface area contributed by atoms with Gasteiger partial charge in [0.25, 0.3) is 0 Å². The first-order valence-corrected chi connectivity index (χ1v) is 7.17. The lowest BCUT2D eigenvalue weighted by atomic mass is 10.2. The Balaban J connectivity index is 2.07. The minimum atomic E-state index is -4.37. The van der Waals surface area contributed by atoms with Gasteiger partial charge < -0.3 is 15.4 Å². The van der Waals surface area contributed by atoms with Crippen LogP contribution in [0.15, 0.2) is 42.5 Å². The van der Waals surface area contributed by atoms with Gasteiger partial charge in [-0.2, -0.15) is 13.2 Å². The van der Waals surface area contributed by atoms with Crippen LogP contribution in [0.2, 0.25) is 5.02 Å². The smallest absolute Gasteiger partial charge is 0.416 e. The summed E-state index contributed by atoms with van der Waals surface area (Å²) >= 11 is 11.0. The second-order valence-corrected chi connectivity index (χ2v) is 5.34. The summed E-state index contributed by atoms with van der Waals surface area (Å²) in [5, 5.41) is 6.37. The third-order valence-corrected chi connectivity index (χ3v) is 3.32. The molecule has 3 nitrogen and oxygen atoms in total. The highest BCUT2D eigenvalue weighted by atomic mass is 35.5. The van der Waals surface area contributed by atoms with Crippen molar-refractivity contribution >= 4 is 40.3 Å². The molecule has 0 bridgehead atoms. The highest BCUT2D eigenvalue weighted by Gasteiger charge is 2.29. The van der Waals surface area contributed by atoms with Crippen LogP contribution in [0.1, 0.15) is 5.56 Å². The van der Waals surface area contributed by atoms with Gasteiger partial charge >= 0.3 is 6.18 Å². The van der Waals surface area contributed by atoms with Gasteiger partial charge in [-0.1, -0.05) is 11.6 Å². The van der Waals surface area contributed by atoms with Crippen molar-refractivity contribution in [2.45, 2.75) is 6.18 Å². The molecule has 0 aromatic heterocycles. The Morgan fingerprint density at radius 3 is 2.30 bits per heavy atom. The van der Waals surface area contributed by atoms with Crippen molar-refractivity contribution in [3.8, 4) is 5.75 Å². The summed E-state index contributed by atoms with van der Waals surface area (Å²) in [6, 6.07) is 9.51. The molecule has 23 heavy (non-hydrogen) atoms. The Bertz CT molecular complexity index is 705. The zero-order valence-corrected chi connectivity index (χ0v) is 13.4. The maximum absolute atomic E-state index is 12.5. The van der Waals surface area contributed by atoms with Gasteiger partial charge in [-0.05, 0) is 54.7 Å². The minimum Gasteiger partial charge on any atom is -0.495 e. The van der Waals surface area contributed by atoms with Gasteiger partial charge in [0.05, 0.1) is 18.4 Å². The van der Waals surface area contributed by atoms with E-state index >= 15 is 0 Å². The maximum Gasteiger partial charge on any atom is 0.416 e. The fourth-order valence-electron chi connectivity index (χ4n) is 1.81. The summed E-state index contributed by atoms with van der Waals surface area (Å²) < 4.78 is 42.7. The second-order valence-electron chi connectivity index (χ2n) is 4.50. The Morgan fingerprint density at radius 2 is 1.74 bits per heavy atom. The Kier molecular flexibility index (Phi) is 5.33. The molecule has 0 aliphatic carbocycles. The molecule has 0 aliphatic rings. The Morgan fingerprint density at radius 1 is 1.09 bits per heavy atom. The van der Waals surface area contributed by atoms with E-state index in [4.69, 9.17) is 28.6 Å². The number of halogens is 4. The first kappa shape index (κ1) is 17.4. The Hall–Kier alpha value is -1.99. The van der Waals surface area contributed by atoms with E-state index in [1.807, 2.05) is 0 Å². The maximum atomic E-state index is 12.5. The van der Waals surface area contributed by atoms with Crippen molar-refractivity contribution in [2.24, 2.45) is 0 Å². The molecule has 0 radical (unpaired) electrons. The summed E-state index contributed by atoms with van der Waals surface area (Å²) in [4.78, 5) is 0. The predicted octanol–water partition coefficient (Wildman–Crippen LogP) is 5.18. The lowest BCUT2D eigenvalue weighted by Gasteiger charge is -2.14. The molecular weight excluding hydrogens is 349 g/mol. The number of hydrogen-bond donors (Lipinski definition) is 2. The quantitative estimate of drug-likeness (QED) is 0.739. The zero-order chi connectivity index (χ0) is 17.0. The van der Waals surface area contributed by atoms with Gasteiger partial charge in [0.1, 0.15) is 5.75 Å². The van der Waals surface area contributed by atoms with E-state index in [1.165, 1.54) is 19.2 Å². The molecule has 0 fully saturated rings. The monoisotopic (exact) mass is 360 g/mol. The fraction of sp³-hybridized carbons (Fsp3) is 0.133. The van der Waals surface area contributed by atoms with Crippen molar-refractivity contribution in [3.63, 3.8) is 0 Å². The van der Waals surface area contributed by atoms with Crippen LogP contribution in [0.3, 0.4) is 0 Å². The van der Waals surface area contributed by atoms with Crippen molar-refractivity contribution in [2.75, 3.05) is 17.7 Å². The minimum absolute atomic E-state index is 0.199. The largest absolute Gasteiger partial charge is 0.495 e. The molecule has 0 amide bonds. The normalized spacial score (nSPS) is 11.0. The van der Waals surface area contributed by atoms with Crippen LogP contribution in [0.5, 0.6) is 5.75 Å². The molecular formula is C15H12ClF3N2OS. The number of alkyl halides is 3. The van der Waals surface area contributed by atoms with E-state index in [-0.39, 0.29) is 5.11 Å². The van der Waals surface area contributed by atoms with Crippen LogP contribution in [0.25, 0.3) is 0 Å². The number of ether oxygens (including phenoxy) is 1. The summed E-state index contributed by atoms with van der Waals surface area (Å²) in [7, 11) is 1.50. The van der Waals surface area contributed by atoms with Gasteiger partial charge in [0.15, 0.2) is 5.11 Å². The van der Waals surface area contributed by atoms with E-state index in [0.29, 0.717) is 22.1 Å². The molecule has 0 saturated carbocycles. The van der Waals surface area contributed by atoms with Crippen LogP contribution < -0.4 is 15.4 Å². The molecule has 2 aromatic rings. The van der Waals surface area contributed by atoms with E-state index in [1.54, 1.807) is 18.2 Å². The average molecular weight is 361 g/mol. The van der Waals surface area contributed by atoms with Gasteiger partial charge in [-0.3, -0.25) is 0 Å². The summed E-state index contributed by atoms with van der Waals surface area (Å²) in [6.45, 7) is 0. The van der Waals surface area contributed by atoms with Gasteiger partial charge in [-0.15, -0.1) is 0 Å². The highest BCUT2D eigenvalue weighted by Crippen LogP contribution is 2.30. The number of thiocarbonyl (C=S) groups is 1. The topological polar surface area (TPSA) is 33.3 Å². The van der Waals surface area contributed by atoms with Gasteiger partial charge in [0.2, 0.25) is 0 Å². The SMILES string of the molecule is COc1ccc(Cl)cc1NC(=S)Nc1ccc(C(F)(F)F)cc1. The Labute approximate surface area is 141 Å². The van der Waals surface area contributed by atoms with E-state index in [0.717, 1.165) is 12.1 Å². The van der Waals surface area contributed by atoms with E-state index < -0.39 is 11.7 Å². The molecule has 8 heteroatoms. The molecule has 0 aliphatic heterocycles. The summed E-state index contributed by atoms with van der Waals surface area (Å²) in [5.41, 5.74) is 0.249. The highest BCUT2D eigenvalue weighted by molar-refractivity contribution is 7.80. The number of anilines is 2. The second kappa shape index (κ2) is 7.06. The van der Waals surface area contributed by atoms with Crippen molar-refractivity contribution in [3.05, 3.63) is 53.1 Å². The summed E-state index contributed by atoms with van der Waals surface area (Å²) in [5.74, 6) is 0.533. The van der Waals surface area contributed by atoms with E-state index in [9.17, 15) is 13.2 Å². The van der Waals surface area contributed by atoms with Crippen molar-refractivity contribution in [1.82, 2.24) is 0 Å². The molecule has 0 saturated heterocycles. The van der Waals surface area contributed by atoms with Crippen molar-refractivity contribution < 1.29 is 17.9 Å². The predicted molar refractivity (Wildman–Crippen MR) is 89.3 cm³/mol. The van der Waals surface area contributed by atoms with Crippen LogP contribution in [-0.2, 0) is 6.18 Å². The first-order valence-electron chi connectivity index (χ1n) is 6.38. The van der Waals surface area contributed by atoms with Crippen LogP contribution in [0, 0.1) is 0 Å². The summed E-state index contributed by atoms with van der Waals surface area (Å²) in [6.07, 6.45) is -4.37. The van der Waals surface area contributed by atoms with Gasteiger partial charge in [-0.25, -0.2) is 0 Å². The molecule has 2 N–H and O–H groups in total. The molecule has 2 aromatic carbocycles. The lowest BCUT2D eigenvalue weighted by molar-refractivity contribution is -0.137. The molecule has 2 rings (SSSR count). The standard InChI is InChI=1S/C15H12ClF3N2OS/c1-22-13-7-4-10(16)8-12(13)21-14(23)20-11-5-2-9(3-6-11)15(17,18)19/h2-8H,1H3,(H2,20,21,23). The molecule has 0 unspecified atom stereocenters. The molecule has 122 valence electrons. The molecule has 0 atom stereocenters. The fourth-order valence-corrected chi connectivity index (χ4v) is 2.20. The van der Waals surface area contributed by atoms with Crippen LogP contribution in [0.4, 0.5) is 24.5 Å². The first-order chi connectivity index (χ1) is 10.8. The molecule has 0 heterocycles. The number of benzene rings is 2.